The number of fused-ring (bicyclic) bond motifs is 8. The summed E-state index contributed by atoms with van der Waals surface area (Å²) in [5.41, 5.74) is 8.65. The van der Waals surface area contributed by atoms with Gasteiger partial charge in [-0.2, -0.15) is 0 Å². The van der Waals surface area contributed by atoms with E-state index in [0.29, 0.717) is 104 Å². The van der Waals surface area contributed by atoms with Crippen LogP contribution < -0.4 is 42.5 Å². The van der Waals surface area contributed by atoms with Crippen LogP contribution in [0.2, 0.25) is 0 Å². The third-order valence-corrected chi connectivity index (χ3v) is 36.6. The zero-order valence-corrected chi connectivity index (χ0v) is 85.3. The van der Waals surface area contributed by atoms with Gasteiger partial charge >= 0.3 is 0 Å². The van der Waals surface area contributed by atoms with Crippen LogP contribution in [0, 0.1) is 45.4 Å². The van der Waals surface area contributed by atoms with Gasteiger partial charge in [-0.15, -0.1) is 45.3 Å². The molecule has 8 amide bonds. The van der Waals surface area contributed by atoms with Crippen molar-refractivity contribution in [3.63, 3.8) is 0 Å². The lowest BCUT2D eigenvalue weighted by molar-refractivity contribution is 0.0447. The molecule has 11 atom stereocenters. The van der Waals surface area contributed by atoms with Gasteiger partial charge in [0.05, 0.1) is 75.3 Å². The van der Waals surface area contributed by atoms with Gasteiger partial charge in [-0.05, 0) is 319 Å². The lowest BCUT2D eigenvalue weighted by Crippen LogP contribution is -2.50. The van der Waals surface area contributed by atoms with Crippen LogP contribution in [0.1, 0.15) is 331 Å². The summed E-state index contributed by atoms with van der Waals surface area (Å²) in [5.74, 6) is 3.75. The van der Waals surface area contributed by atoms with E-state index in [1.807, 2.05) is 77.8 Å². The average molecular weight is 2000 g/mol. The first kappa shape index (κ1) is 98.3. The molecule has 0 aromatic carbocycles. The molecule has 0 radical (unpaired) electrons. The van der Waals surface area contributed by atoms with Gasteiger partial charge < -0.3 is 87.3 Å². The minimum Gasteiger partial charge on any atom is -0.393 e. The van der Waals surface area contributed by atoms with Crippen molar-refractivity contribution in [2.75, 3.05) is 34.5 Å². The molecule has 23 rings (SSSR count). The maximum atomic E-state index is 13.8. The summed E-state index contributed by atoms with van der Waals surface area (Å²) >= 11 is 4.96. The molecule has 15 fully saturated rings. The van der Waals surface area contributed by atoms with Crippen molar-refractivity contribution in [3.05, 3.63) is 114 Å². The van der Waals surface area contributed by atoms with Crippen LogP contribution in [0.3, 0.4) is 0 Å². The number of aryl methyl sites for hydroxylation is 4. The predicted molar refractivity (Wildman–Crippen MR) is 542 cm³/mol. The highest BCUT2D eigenvalue weighted by molar-refractivity contribution is 7.18. The number of nitrogens with zero attached hydrogens (tertiary/aromatic N) is 12. The molecule has 15 aliphatic rings. The second-order valence-corrected chi connectivity index (χ2v) is 46.8. The van der Waals surface area contributed by atoms with Crippen LogP contribution in [0.4, 0.5) is 23.3 Å². The molecule has 6 aliphatic carbocycles. The van der Waals surface area contributed by atoms with E-state index in [0.717, 1.165) is 196 Å². The highest BCUT2D eigenvalue weighted by Gasteiger charge is 2.50. The lowest BCUT2D eigenvalue weighted by atomic mass is 9.89. The number of ether oxygens (including phenoxy) is 1. The fourth-order valence-corrected chi connectivity index (χ4v) is 27.7. The normalized spacial score (nSPS) is 27.4. The summed E-state index contributed by atoms with van der Waals surface area (Å²) in [6, 6.07) is 10.6. The number of hydrogen-bond acceptors (Lipinski definition) is 29. The third kappa shape index (κ3) is 21.2. The van der Waals surface area contributed by atoms with E-state index in [-0.39, 0.29) is 153 Å². The molecule has 17 heterocycles. The van der Waals surface area contributed by atoms with E-state index < -0.39 is 30.3 Å². The van der Waals surface area contributed by atoms with Crippen LogP contribution in [-0.2, 0) is 4.74 Å². The quantitative estimate of drug-likeness (QED) is 0.0227. The summed E-state index contributed by atoms with van der Waals surface area (Å²) < 4.78 is 5.26. The van der Waals surface area contributed by atoms with Gasteiger partial charge in [0.25, 0.3) is 47.3 Å². The predicted octanol–water partition coefficient (Wildman–Crippen LogP) is 14.6. The monoisotopic (exact) mass is 2000 g/mol. The lowest BCUT2D eigenvalue weighted by Gasteiger charge is -2.32. The number of pyridine rings is 4. The second kappa shape index (κ2) is 41.5. The smallest absolute Gasteiger partial charge is 0.280 e. The fourth-order valence-electron chi connectivity index (χ4n) is 23.5. The van der Waals surface area contributed by atoms with Gasteiger partial charge in [0.15, 0.2) is 20.0 Å². The molecule has 33 nitrogen and oxygen atoms in total. The number of amides is 8. The molecule has 0 spiro atoms. The van der Waals surface area contributed by atoms with E-state index in [1.54, 1.807) is 18.6 Å². The van der Waals surface area contributed by atoms with E-state index in [2.05, 4.69) is 117 Å². The van der Waals surface area contributed by atoms with Crippen molar-refractivity contribution in [1.82, 2.24) is 80.7 Å². The Bertz CT molecular complexity index is 5790. The van der Waals surface area contributed by atoms with Gasteiger partial charge in [-0.1, -0.05) is 0 Å². The first-order chi connectivity index (χ1) is 68.0. The summed E-state index contributed by atoms with van der Waals surface area (Å²) in [5, 5.41) is 66.4. The number of aliphatic hydroxyl groups is 4. The molecule has 0 unspecified atom stereocenters. The Balaban J connectivity index is 0.000000115. The average Bonchev–Trinajstić information content (AvgIpc) is 1.62. The number of aromatic nitrogens is 8. The van der Waals surface area contributed by atoms with Gasteiger partial charge in [-0.3, -0.25) is 38.4 Å². The largest absolute Gasteiger partial charge is 0.393 e. The Morgan fingerprint density at radius 1 is 0.333 bits per heavy atom. The Labute approximate surface area is 838 Å². The maximum Gasteiger partial charge on any atom is 0.280 e. The third-order valence-electron chi connectivity index (χ3n) is 32.3. The topological polar surface area (TPSA) is 439 Å². The molecule has 6 saturated carbocycles. The molecular formula is C104H134N20O13S4. The van der Waals surface area contributed by atoms with E-state index in [1.165, 1.54) is 83.9 Å². The Hall–Kier alpha value is -10.1. The number of carbonyl (C=O) groups excluding carboxylic acids is 8. The number of anilines is 4. The van der Waals surface area contributed by atoms with Crippen LogP contribution in [0.25, 0.3) is 41.8 Å². The molecule has 8 aromatic heterocycles. The van der Waals surface area contributed by atoms with Crippen molar-refractivity contribution in [3.8, 4) is 41.8 Å². The number of nitrogens with one attached hydrogen (secondary N) is 8. The Kier molecular flexibility index (Phi) is 29.0. The van der Waals surface area contributed by atoms with Crippen molar-refractivity contribution in [1.29, 1.82) is 0 Å². The van der Waals surface area contributed by atoms with Crippen molar-refractivity contribution in [2.45, 2.75) is 376 Å². The highest BCUT2D eigenvalue weighted by atomic mass is 32.1. The van der Waals surface area contributed by atoms with E-state index >= 15 is 0 Å². The zero-order valence-electron chi connectivity index (χ0n) is 82.0. The number of aliphatic hydroxyl groups excluding tert-OH is 4. The molecule has 37 heteroatoms. The van der Waals surface area contributed by atoms with Crippen molar-refractivity contribution in [2.24, 2.45) is 17.8 Å². The molecule has 12 N–H and O–H groups in total. The van der Waals surface area contributed by atoms with Gasteiger partial charge in [-0.25, -0.2) is 39.9 Å². The molecule has 8 bridgehead atoms. The van der Waals surface area contributed by atoms with Crippen molar-refractivity contribution >= 4 is 116 Å². The number of thiazole rings is 4. The molecular weight excluding hydrogens is 1870 g/mol. The highest BCUT2D eigenvalue weighted by Crippen LogP contribution is 2.49. The molecule has 9 saturated heterocycles. The number of hydrogen-bond donors (Lipinski definition) is 12. The standard InChI is InChI=1S/C27H35N5O3S.C26H33N5O4S.C26H33N5O3S.C25H33N5O3S/c1-14-12-22(29-15(2)16-6-7-16)28-13-19(14)24-23(27(35)32-17-8-9-18(32)11-10-17)31-26(36-24)25(34)30-20-4-3-5-21(20)33;1-13-9-21(28-14(2)15-3-4-15)27-10-18(13)23-22(26(34)31-16-5-6-17(31)8-7-16)30-25(36-23)24(33)29-19-11-35-12-20(19)32;1-13-11-21(28-14(2)15-3-4-15)27-12-18(13)23-22(26(34)31-16-5-6-17(31)8-7-16)30-25(35-23)24(33)29-19-9-10-20(19)32;1-13(2)27-20-10-14(3)19(12-26-20)22-21(25(33)30-16-5-6-17(30)8-7-16)29-24(34-22)23(32)28-15-4-9-18(31)11-15/h12-13,15-18,20-21,33H,3-11H2,1-2H3,(H,28,29)(H,30,34);9-10,14-17,19-20,32H,3-8,11-12H2,1-2H3,(H,27,28)(H,29,33);11-12,14-17,19-20,32H,3-10H2,1-2H3,(H,27,28)(H,29,33);10,12-13,15-18,31H,4-9,11H2,1-3H3,(H,26,27)(H,28,32)/t15-,17?,18?,20-,21-;2*14-,16?,17?,19-,20-;15-,16?,17?,18-/m1111/s1. The maximum absolute atomic E-state index is 13.8. The van der Waals surface area contributed by atoms with Crippen LogP contribution in [0.5, 0.6) is 0 Å². The van der Waals surface area contributed by atoms with Gasteiger partial charge in [0.2, 0.25) is 0 Å². The van der Waals surface area contributed by atoms with Crippen molar-refractivity contribution < 1.29 is 63.5 Å². The SMILES string of the molecule is Cc1cc(NC(C)C)ncc1-c1sc(C(=O)N[C@@H]2CC[C@@H](O)C2)nc1C(=O)N1C2CCC1CC2.Cc1cc(N[C@H](C)C2CC2)ncc1-c1sc(C(=O)N[C@@H]2CCC[C@H]2O)nc1C(=O)N1C2CCC1CC2.Cc1cc(N[C@H](C)C2CC2)ncc1-c1sc(C(=O)N[C@@H]2CC[C@H]2O)nc1C(=O)N1C2CCC1CC2.Cc1cc(N[C@H](C)C2CC2)ncc1-c1sc(C(=O)N[C@@H]2COC[C@H]2O)nc1C(=O)N1C2CCC1CC2. The van der Waals surface area contributed by atoms with Gasteiger partial charge in [0.1, 0.15) is 46.0 Å². The summed E-state index contributed by atoms with van der Waals surface area (Å²) in [6.07, 6.45) is 35.0. The summed E-state index contributed by atoms with van der Waals surface area (Å²) in [4.78, 5) is 155. The minimum absolute atomic E-state index is 0.0618. The Morgan fingerprint density at radius 2 is 0.624 bits per heavy atom. The first-order valence-corrected chi connectivity index (χ1v) is 55.0. The number of rotatable bonds is 27. The Morgan fingerprint density at radius 3 is 0.865 bits per heavy atom. The molecule has 9 aliphatic heterocycles. The first-order valence-electron chi connectivity index (χ1n) is 51.8. The van der Waals surface area contributed by atoms with E-state index in [9.17, 15) is 58.8 Å². The molecule has 752 valence electrons. The van der Waals surface area contributed by atoms with E-state index in [4.69, 9.17) is 4.74 Å². The summed E-state index contributed by atoms with van der Waals surface area (Å²) in [6.45, 7) is 19.2. The van der Waals surface area contributed by atoms with Crippen LogP contribution in [0.15, 0.2) is 49.1 Å². The summed E-state index contributed by atoms with van der Waals surface area (Å²) in [7, 11) is 0. The molecule has 8 aromatic rings. The molecule has 141 heavy (non-hydrogen) atoms. The zero-order chi connectivity index (χ0) is 98.2. The number of carbonyl (C=O) groups is 8. The van der Waals surface area contributed by atoms with Crippen LogP contribution >= 0.6 is 45.3 Å². The van der Waals surface area contributed by atoms with Crippen LogP contribution in [-0.4, -0.2) is 261 Å². The van der Waals surface area contributed by atoms with Gasteiger partial charge in [0, 0.05) is 126 Å². The minimum atomic E-state index is -0.751. The fraction of sp³-hybridized carbons (Fsp3) is 0.615. The second-order valence-electron chi connectivity index (χ2n) is 42.8.